The second-order valence-electron chi connectivity index (χ2n) is 9.42. The first-order chi connectivity index (χ1) is 17.4. The lowest BCUT2D eigenvalue weighted by molar-refractivity contribution is -0.905. The molecule has 0 radical (unpaired) electrons. The molecular formula is C25H33N6O6+. The number of nitrogens with one attached hydrogen (secondary N) is 4. The van der Waals surface area contributed by atoms with Gasteiger partial charge in [0.25, 0.3) is 5.91 Å². The highest BCUT2D eigenvalue weighted by Gasteiger charge is 2.31. The third kappa shape index (κ3) is 8.19. The van der Waals surface area contributed by atoms with Crippen molar-refractivity contribution < 1.29 is 33.9 Å². The van der Waals surface area contributed by atoms with Crippen molar-refractivity contribution in [3.63, 3.8) is 0 Å². The number of carbonyl (C=O) groups excluding carboxylic acids is 4. The van der Waals surface area contributed by atoms with Crippen LogP contribution in [-0.4, -0.2) is 89.5 Å². The number of likely N-dealkylation sites (N-methyl/N-ethyl adjacent to an activating group) is 1. The van der Waals surface area contributed by atoms with Gasteiger partial charge in [0.15, 0.2) is 6.54 Å². The molecule has 0 saturated carbocycles. The molecule has 2 aromatic carbocycles. The first-order valence-corrected chi connectivity index (χ1v) is 11.8. The van der Waals surface area contributed by atoms with Crippen molar-refractivity contribution in [1.29, 1.82) is 0 Å². The van der Waals surface area contributed by atoms with Gasteiger partial charge in [0.2, 0.25) is 17.7 Å². The number of rotatable bonds is 8. The molecule has 1 saturated heterocycles. The van der Waals surface area contributed by atoms with E-state index < -0.39 is 0 Å². The lowest BCUT2D eigenvalue weighted by Crippen LogP contribution is -2.60. The Balaban J connectivity index is 1.46. The Hall–Kier alpha value is -4.16. The summed E-state index contributed by atoms with van der Waals surface area (Å²) in [6.07, 6.45) is 0. The zero-order chi connectivity index (χ0) is 27.2. The molecule has 0 unspecified atom stereocenters. The minimum atomic E-state index is -0.309. The van der Waals surface area contributed by atoms with Gasteiger partial charge in [-0.15, -0.1) is 0 Å². The molecule has 0 atom stereocenters. The van der Waals surface area contributed by atoms with Crippen LogP contribution >= 0.6 is 0 Å². The van der Waals surface area contributed by atoms with Gasteiger partial charge in [-0.25, -0.2) is 0 Å². The second-order valence-corrected chi connectivity index (χ2v) is 9.42. The number of hydrogen-bond donors (Lipinski definition) is 6. The fourth-order valence-electron chi connectivity index (χ4n) is 4.07. The zero-order valence-corrected chi connectivity index (χ0v) is 21.1. The summed E-state index contributed by atoms with van der Waals surface area (Å²) in [6, 6.07) is 8.99. The van der Waals surface area contributed by atoms with Crippen LogP contribution in [0.25, 0.3) is 0 Å². The molecule has 0 spiro atoms. The maximum Gasteiger partial charge on any atom is 0.279 e. The third-order valence-corrected chi connectivity index (χ3v) is 5.99. The lowest BCUT2D eigenvalue weighted by Gasteiger charge is -2.41. The molecule has 4 amide bonds. The van der Waals surface area contributed by atoms with E-state index in [-0.39, 0.29) is 59.6 Å². The lowest BCUT2D eigenvalue weighted by atomic mass is 10.2. The number of anilines is 4. The Labute approximate surface area is 214 Å². The molecule has 3 rings (SSSR count). The monoisotopic (exact) mass is 513 g/mol. The van der Waals surface area contributed by atoms with E-state index in [1.165, 1.54) is 38.1 Å². The molecule has 1 fully saturated rings. The Kier molecular flexibility index (Phi) is 8.69. The van der Waals surface area contributed by atoms with Crippen LogP contribution < -0.4 is 21.3 Å². The van der Waals surface area contributed by atoms with E-state index in [4.69, 9.17) is 0 Å². The van der Waals surface area contributed by atoms with Crippen LogP contribution in [0, 0.1) is 0 Å². The number of phenols is 2. The molecular weight excluding hydrogens is 480 g/mol. The van der Waals surface area contributed by atoms with Gasteiger partial charge in [-0.05, 0) is 24.3 Å². The van der Waals surface area contributed by atoms with Crippen LogP contribution in [0.1, 0.15) is 13.8 Å². The molecule has 1 aliphatic rings. The van der Waals surface area contributed by atoms with Gasteiger partial charge in [-0.3, -0.25) is 24.1 Å². The summed E-state index contributed by atoms with van der Waals surface area (Å²) in [7, 11) is 1.98. The van der Waals surface area contributed by atoms with Crippen LogP contribution in [0.4, 0.5) is 22.7 Å². The topological polar surface area (TPSA) is 160 Å². The van der Waals surface area contributed by atoms with Crippen molar-refractivity contribution in [3.8, 4) is 11.5 Å². The number of carbonyl (C=O) groups is 4. The number of hydrogen-bond acceptors (Lipinski definition) is 7. The van der Waals surface area contributed by atoms with Gasteiger partial charge in [-0.1, -0.05) is 0 Å². The van der Waals surface area contributed by atoms with Crippen LogP contribution in [0.5, 0.6) is 11.5 Å². The van der Waals surface area contributed by atoms with Crippen LogP contribution in [0.15, 0.2) is 36.4 Å². The summed E-state index contributed by atoms with van der Waals surface area (Å²) in [5.41, 5.74) is 1.38. The van der Waals surface area contributed by atoms with Crippen molar-refractivity contribution in [2.24, 2.45) is 0 Å². The fraction of sp³-hybridized carbons (Fsp3) is 0.360. The average molecular weight is 514 g/mol. The molecule has 12 heteroatoms. The van der Waals surface area contributed by atoms with Gasteiger partial charge in [0.1, 0.15) is 11.5 Å². The Bertz CT molecular complexity index is 1190. The summed E-state index contributed by atoms with van der Waals surface area (Å²) < 4.78 is 0.498. The fourth-order valence-corrected chi connectivity index (χ4v) is 4.07. The summed E-state index contributed by atoms with van der Waals surface area (Å²) >= 11 is 0. The van der Waals surface area contributed by atoms with Crippen LogP contribution in [-0.2, 0) is 19.2 Å². The van der Waals surface area contributed by atoms with E-state index in [1.54, 1.807) is 12.1 Å². The number of phenolic OH excluding ortho intramolecular Hbond substituents is 2. The molecule has 12 nitrogen and oxygen atoms in total. The van der Waals surface area contributed by atoms with E-state index in [0.29, 0.717) is 42.0 Å². The highest BCUT2D eigenvalue weighted by atomic mass is 16.3. The number of piperazine rings is 1. The minimum Gasteiger partial charge on any atom is -0.506 e. The molecule has 1 aliphatic heterocycles. The molecule has 1 heterocycles. The van der Waals surface area contributed by atoms with E-state index >= 15 is 0 Å². The van der Waals surface area contributed by atoms with Crippen molar-refractivity contribution in [3.05, 3.63) is 36.4 Å². The Morgan fingerprint density at radius 1 is 0.784 bits per heavy atom. The molecule has 0 aliphatic carbocycles. The van der Waals surface area contributed by atoms with Crippen LogP contribution in [0.2, 0.25) is 0 Å². The third-order valence-electron chi connectivity index (χ3n) is 5.99. The molecule has 2 aromatic rings. The molecule has 198 valence electrons. The number of nitrogens with zero attached hydrogens (tertiary/aromatic N) is 2. The maximum absolute atomic E-state index is 12.6. The average Bonchev–Trinajstić information content (AvgIpc) is 2.78. The highest BCUT2D eigenvalue weighted by Crippen LogP contribution is 2.28. The molecule has 37 heavy (non-hydrogen) atoms. The molecule has 0 bridgehead atoms. The van der Waals surface area contributed by atoms with Crippen molar-refractivity contribution in [2.45, 2.75) is 13.8 Å². The SMILES string of the molecule is CC(=O)Nc1ccc(NC(=O)CN2CC[N+](C)(CC(=O)Nc3ccc(NC(C)=O)c(O)c3)CC2)cc1O. The Morgan fingerprint density at radius 3 is 1.68 bits per heavy atom. The smallest absolute Gasteiger partial charge is 0.279 e. The van der Waals surface area contributed by atoms with Crippen molar-refractivity contribution in [1.82, 2.24) is 4.90 Å². The minimum absolute atomic E-state index is 0.140. The number of aromatic hydroxyl groups is 2. The van der Waals surface area contributed by atoms with E-state index in [0.717, 1.165) is 0 Å². The zero-order valence-electron chi connectivity index (χ0n) is 21.1. The van der Waals surface area contributed by atoms with Gasteiger partial charge in [0, 0.05) is 50.4 Å². The van der Waals surface area contributed by atoms with Crippen molar-refractivity contribution in [2.75, 3.05) is 67.6 Å². The van der Waals surface area contributed by atoms with Crippen LogP contribution in [0.3, 0.4) is 0 Å². The Morgan fingerprint density at radius 2 is 1.24 bits per heavy atom. The van der Waals surface area contributed by atoms with E-state index in [1.807, 2.05) is 11.9 Å². The number of amides is 4. The molecule has 0 aromatic heterocycles. The van der Waals surface area contributed by atoms with Gasteiger partial charge in [0.05, 0.1) is 38.1 Å². The maximum atomic E-state index is 12.6. The summed E-state index contributed by atoms with van der Waals surface area (Å²) in [5.74, 6) is -1.34. The first-order valence-electron chi connectivity index (χ1n) is 11.8. The summed E-state index contributed by atoms with van der Waals surface area (Å²) in [4.78, 5) is 49.4. The van der Waals surface area contributed by atoms with E-state index in [9.17, 15) is 29.4 Å². The standard InChI is InChI=1S/C25H32N6O6/c1-16(32)26-20-6-4-18(12-22(20)34)28-24(36)14-30-8-10-31(3,11-9-30)15-25(37)29-19-5-7-21(23(35)13-19)27-17(2)33/h4-7,12-13H,8-11,14-15H2,1-3H3,(H5-,26,27,28,29,32,33,34,35,36,37)/p+1. The van der Waals surface area contributed by atoms with Gasteiger partial charge < -0.3 is 36.0 Å². The first kappa shape index (κ1) is 27.4. The molecule has 6 N–H and O–H groups in total. The predicted octanol–water partition coefficient (Wildman–Crippen LogP) is 1.35. The van der Waals surface area contributed by atoms with Crippen molar-refractivity contribution >= 4 is 46.4 Å². The van der Waals surface area contributed by atoms with E-state index in [2.05, 4.69) is 21.3 Å². The predicted molar refractivity (Wildman–Crippen MR) is 139 cm³/mol. The second kappa shape index (κ2) is 11.7. The highest BCUT2D eigenvalue weighted by molar-refractivity contribution is 5.95. The van der Waals surface area contributed by atoms with Gasteiger partial charge in [-0.2, -0.15) is 0 Å². The number of quaternary nitrogens is 1. The normalized spacial score (nSPS) is 14.9. The summed E-state index contributed by atoms with van der Waals surface area (Å²) in [6.45, 7) is 5.65. The largest absolute Gasteiger partial charge is 0.506 e. The number of benzene rings is 2. The summed E-state index contributed by atoms with van der Waals surface area (Å²) in [5, 5.41) is 30.6. The van der Waals surface area contributed by atoms with Gasteiger partial charge >= 0.3 is 0 Å². The quantitative estimate of drug-likeness (QED) is 0.229.